The van der Waals surface area contributed by atoms with Gasteiger partial charge in [-0.2, -0.15) is 13.2 Å². The molecule has 0 bridgehead atoms. The summed E-state index contributed by atoms with van der Waals surface area (Å²) in [6.07, 6.45) is -0.736. The van der Waals surface area contributed by atoms with Crippen molar-refractivity contribution in [3.63, 3.8) is 0 Å². The lowest BCUT2D eigenvalue weighted by atomic mass is 9.92. The maximum Gasteiger partial charge on any atom is 0.416 e. The number of nitrogens with two attached hydrogens (primary N) is 1. The Balaban J connectivity index is 1.36. The molecule has 0 radical (unpaired) electrons. The number of rotatable bonds is 7. The molecule has 33 heavy (non-hydrogen) atoms. The van der Waals surface area contributed by atoms with Crippen molar-refractivity contribution in [1.82, 2.24) is 10.3 Å². The van der Waals surface area contributed by atoms with Crippen molar-refractivity contribution in [1.29, 1.82) is 0 Å². The quantitative estimate of drug-likeness (QED) is 0.517. The summed E-state index contributed by atoms with van der Waals surface area (Å²) in [5.74, 6) is -0.248. The second kappa shape index (κ2) is 10.1. The number of fused-ring (bicyclic) bond motifs is 1. The highest BCUT2D eigenvalue weighted by Crippen LogP contribution is 2.36. The van der Waals surface area contributed by atoms with Gasteiger partial charge in [0.05, 0.1) is 24.0 Å². The number of methoxy groups -OCH3 is 1. The van der Waals surface area contributed by atoms with Crippen LogP contribution in [0.3, 0.4) is 0 Å². The number of hydrogen-bond donors (Lipinski definition) is 2. The largest absolute Gasteiger partial charge is 0.416 e. The second-order valence-electron chi connectivity index (χ2n) is 7.96. The van der Waals surface area contributed by atoms with E-state index in [9.17, 15) is 13.2 Å². The smallest absolute Gasteiger partial charge is 0.384 e. The molecule has 1 aliphatic heterocycles. The zero-order valence-corrected chi connectivity index (χ0v) is 18.9. The Morgan fingerprint density at radius 2 is 1.94 bits per heavy atom. The molecule has 1 unspecified atom stereocenters. The first-order valence-corrected chi connectivity index (χ1v) is 11.4. The van der Waals surface area contributed by atoms with Crippen LogP contribution in [0.4, 0.5) is 13.2 Å². The molecule has 5 nitrogen and oxygen atoms in total. The number of pyridine rings is 1. The van der Waals surface area contributed by atoms with Gasteiger partial charge in [-0.05, 0) is 40.8 Å². The third-order valence-electron chi connectivity index (χ3n) is 5.71. The number of thioether (sulfide) groups is 1. The van der Waals surface area contributed by atoms with Gasteiger partial charge in [-0.25, -0.2) is 0 Å². The van der Waals surface area contributed by atoms with E-state index in [1.807, 2.05) is 12.3 Å². The first-order chi connectivity index (χ1) is 15.8. The number of alkyl halides is 3. The van der Waals surface area contributed by atoms with Gasteiger partial charge in [0.25, 0.3) is 0 Å². The number of hydrogen-bond acceptors (Lipinski definition) is 6. The maximum absolute atomic E-state index is 12.9. The number of halogens is 3. The van der Waals surface area contributed by atoms with Crippen LogP contribution in [0.1, 0.15) is 27.9 Å². The molecule has 2 heterocycles. The summed E-state index contributed by atoms with van der Waals surface area (Å²) in [5, 5.41) is 6.58. The van der Waals surface area contributed by atoms with E-state index < -0.39 is 11.7 Å². The number of nitrogens with one attached hydrogen (secondary N) is 1. The monoisotopic (exact) mass is 474 g/mol. The fraction of sp³-hybridized carbons (Fsp3) is 0.333. The first-order valence-electron chi connectivity index (χ1n) is 10.6. The van der Waals surface area contributed by atoms with Crippen molar-refractivity contribution in [3.8, 4) is 0 Å². The number of aromatic nitrogens is 1. The normalized spacial score (nSPS) is 18.2. The highest BCUT2D eigenvalue weighted by atomic mass is 32.2. The van der Waals surface area contributed by atoms with Crippen molar-refractivity contribution < 1.29 is 17.9 Å². The molecule has 0 fully saturated rings. The minimum atomic E-state index is -4.37. The van der Waals surface area contributed by atoms with Crippen LogP contribution in [-0.2, 0) is 10.9 Å². The van der Waals surface area contributed by atoms with Crippen molar-refractivity contribution in [2.75, 3.05) is 26.8 Å². The summed E-state index contributed by atoms with van der Waals surface area (Å²) in [6, 6.07) is 13.1. The van der Waals surface area contributed by atoms with Crippen LogP contribution in [-0.4, -0.2) is 43.0 Å². The Morgan fingerprint density at radius 1 is 1.15 bits per heavy atom. The molecule has 174 valence electrons. The molecule has 3 N–H and O–H groups in total. The van der Waals surface area contributed by atoms with Gasteiger partial charge in [-0.15, -0.1) is 0 Å². The second-order valence-corrected chi connectivity index (χ2v) is 9.15. The van der Waals surface area contributed by atoms with Crippen LogP contribution in [0.2, 0.25) is 0 Å². The molecule has 0 aliphatic carbocycles. The standard InChI is InChI=1S/C24H25F3N4OS/c1-32-14-20(15-4-6-19(7-5-15)24(25,26)27)21(28)12-30-23-31-13-22(33-23)17-2-3-18-11-29-9-8-16(18)10-17/h2-11,20-22H,12-14,28H2,1H3,(H,30,31)/t20-,21+,22?/m0/s1. The number of amidine groups is 1. The molecular weight excluding hydrogens is 449 g/mol. The summed E-state index contributed by atoms with van der Waals surface area (Å²) in [5.41, 5.74) is 7.64. The molecule has 1 aliphatic rings. The summed E-state index contributed by atoms with van der Waals surface area (Å²) >= 11 is 1.65. The SMILES string of the molecule is COC[C@@H](c1ccc(C(F)(F)F)cc1)[C@H](N)CNC1=NCC(c2ccc3cnccc3c2)S1. The van der Waals surface area contributed by atoms with E-state index in [2.05, 4.69) is 33.5 Å². The third-order valence-corrected chi connectivity index (χ3v) is 6.91. The zero-order valence-electron chi connectivity index (χ0n) is 18.0. The Kier molecular flexibility index (Phi) is 7.21. The lowest BCUT2D eigenvalue weighted by molar-refractivity contribution is -0.137. The third kappa shape index (κ3) is 5.66. The molecule has 0 amide bonds. The van der Waals surface area contributed by atoms with Crippen LogP contribution in [0.15, 0.2) is 65.9 Å². The van der Waals surface area contributed by atoms with Crippen LogP contribution in [0.25, 0.3) is 10.8 Å². The molecule has 3 atom stereocenters. The zero-order chi connectivity index (χ0) is 23.4. The van der Waals surface area contributed by atoms with Gasteiger partial charge in [-0.3, -0.25) is 9.98 Å². The van der Waals surface area contributed by atoms with Gasteiger partial charge >= 0.3 is 6.18 Å². The van der Waals surface area contributed by atoms with Crippen LogP contribution >= 0.6 is 11.8 Å². The fourth-order valence-electron chi connectivity index (χ4n) is 3.86. The van der Waals surface area contributed by atoms with Gasteiger partial charge in [-0.1, -0.05) is 36.0 Å². The van der Waals surface area contributed by atoms with Crippen LogP contribution < -0.4 is 11.1 Å². The van der Waals surface area contributed by atoms with Gasteiger partial charge in [0.15, 0.2) is 5.17 Å². The Morgan fingerprint density at radius 3 is 2.67 bits per heavy atom. The topological polar surface area (TPSA) is 72.5 Å². The first kappa shape index (κ1) is 23.5. The van der Waals surface area contributed by atoms with Gasteiger partial charge < -0.3 is 15.8 Å². The van der Waals surface area contributed by atoms with E-state index in [-0.39, 0.29) is 17.2 Å². The minimum Gasteiger partial charge on any atom is -0.384 e. The van der Waals surface area contributed by atoms with Gasteiger partial charge in [0.1, 0.15) is 0 Å². The Labute approximate surface area is 194 Å². The Hall–Kier alpha value is -2.62. The molecule has 0 saturated heterocycles. The van der Waals surface area contributed by atoms with E-state index in [4.69, 9.17) is 10.5 Å². The van der Waals surface area contributed by atoms with Crippen LogP contribution in [0, 0.1) is 0 Å². The number of ether oxygens (including phenoxy) is 1. The van der Waals surface area contributed by atoms with Crippen molar-refractivity contribution in [3.05, 3.63) is 77.6 Å². The summed E-state index contributed by atoms with van der Waals surface area (Å²) in [4.78, 5) is 8.76. The van der Waals surface area contributed by atoms with E-state index in [0.717, 1.165) is 28.1 Å². The van der Waals surface area contributed by atoms with E-state index in [0.29, 0.717) is 25.3 Å². The number of aliphatic imine (C=N–C) groups is 1. The van der Waals surface area contributed by atoms with Gasteiger partial charge in [0, 0.05) is 43.4 Å². The predicted octanol–water partition coefficient (Wildman–Crippen LogP) is 4.74. The summed E-state index contributed by atoms with van der Waals surface area (Å²) < 4.78 is 43.9. The molecule has 4 rings (SSSR count). The van der Waals surface area contributed by atoms with Crippen molar-refractivity contribution in [2.24, 2.45) is 10.7 Å². The minimum absolute atomic E-state index is 0.214. The number of nitrogens with zero attached hydrogens (tertiary/aromatic N) is 2. The van der Waals surface area contributed by atoms with E-state index in [1.54, 1.807) is 25.1 Å². The van der Waals surface area contributed by atoms with Crippen molar-refractivity contribution in [2.45, 2.75) is 23.4 Å². The Bertz CT molecular complexity index is 1120. The average Bonchev–Trinajstić information content (AvgIpc) is 3.29. The molecule has 3 aromatic rings. The molecule has 0 spiro atoms. The average molecular weight is 475 g/mol. The van der Waals surface area contributed by atoms with Gasteiger partial charge in [0.2, 0.25) is 0 Å². The van der Waals surface area contributed by atoms with Crippen molar-refractivity contribution >= 4 is 27.7 Å². The molecule has 2 aromatic carbocycles. The molecule has 0 saturated carbocycles. The van der Waals surface area contributed by atoms with Crippen LogP contribution in [0.5, 0.6) is 0 Å². The highest BCUT2D eigenvalue weighted by molar-refractivity contribution is 8.14. The predicted molar refractivity (Wildman–Crippen MR) is 126 cm³/mol. The maximum atomic E-state index is 12.9. The number of benzene rings is 2. The lowest BCUT2D eigenvalue weighted by Crippen LogP contribution is -2.41. The van der Waals surface area contributed by atoms with E-state index >= 15 is 0 Å². The lowest BCUT2D eigenvalue weighted by Gasteiger charge is -2.24. The summed E-state index contributed by atoms with van der Waals surface area (Å²) in [6.45, 7) is 1.40. The fourth-order valence-corrected chi connectivity index (χ4v) is 4.88. The molecular formula is C24H25F3N4OS. The van der Waals surface area contributed by atoms with E-state index in [1.165, 1.54) is 17.7 Å². The highest BCUT2D eigenvalue weighted by Gasteiger charge is 2.31. The molecule has 9 heteroatoms. The molecule has 1 aromatic heterocycles. The summed E-state index contributed by atoms with van der Waals surface area (Å²) in [7, 11) is 1.55.